The van der Waals surface area contributed by atoms with Crippen molar-refractivity contribution in [3.05, 3.63) is 65.5 Å². The lowest BCUT2D eigenvalue weighted by molar-refractivity contribution is -0.610. The van der Waals surface area contributed by atoms with Crippen molar-refractivity contribution in [2.24, 2.45) is 0 Å². The molecule has 0 aliphatic carbocycles. The molecule has 2 nitrogen and oxygen atoms in total. The maximum absolute atomic E-state index is 5.34. The highest BCUT2D eigenvalue weighted by Gasteiger charge is 2.25. The van der Waals surface area contributed by atoms with Crippen molar-refractivity contribution in [3.63, 3.8) is 0 Å². The Balaban J connectivity index is 0.00000243. The highest BCUT2D eigenvalue weighted by Crippen LogP contribution is 2.26. The number of ether oxygens (including phenoxy) is 1. The molecular weight excluding hydrogens is 433 g/mol. The molecule has 26 heavy (non-hydrogen) atoms. The Hall–Kier alpha value is -1.62. The Labute approximate surface area is 174 Å². The number of hydrogen-bond acceptors (Lipinski definition) is 1. The summed E-state index contributed by atoms with van der Waals surface area (Å²) < 4.78 is 7.79. The van der Waals surface area contributed by atoms with Crippen LogP contribution in [0.5, 0.6) is 5.75 Å². The lowest BCUT2D eigenvalue weighted by Gasteiger charge is -2.15. The number of pyridine rings is 1. The van der Waals surface area contributed by atoms with Gasteiger partial charge >= 0.3 is 0 Å². The molecule has 0 aliphatic heterocycles. The lowest BCUT2D eigenvalue weighted by Crippen LogP contribution is -3.00. The molecule has 1 aromatic heterocycles. The van der Waals surface area contributed by atoms with Gasteiger partial charge in [0.2, 0.25) is 5.69 Å². The van der Waals surface area contributed by atoms with Gasteiger partial charge in [-0.3, -0.25) is 0 Å². The van der Waals surface area contributed by atoms with E-state index in [0.717, 1.165) is 31.4 Å². The number of aromatic nitrogens is 1. The molecule has 0 saturated carbocycles. The van der Waals surface area contributed by atoms with Crippen molar-refractivity contribution in [2.45, 2.75) is 46.5 Å². The van der Waals surface area contributed by atoms with Crippen LogP contribution in [0.2, 0.25) is 0 Å². The summed E-state index contributed by atoms with van der Waals surface area (Å²) in [6.07, 6.45) is 4.51. The van der Waals surface area contributed by atoms with Gasteiger partial charge in [-0.05, 0) is 36.4 Å². The van der Waals surface area contributed by atoms with Crippen molar-refractivity contribution >= 4 is 10.8 Å². The smallest absolute Gasteiger partial charge is 0.211 e. The van der Waals surface area contributed by atoms with Gasteiger partial charge in [-0.2, -0.15) is 4.57 Å². The second-order valence-corrected chi connectivity index (χ2v) is 6.59. The van der Waals surface area contributed by atoms with Crippen molar-refractivity contribution in [2.75, 3.05) is 7.11 Å². The van der Waals surface area contributed by atoms with E-state index in [1.54, 1.807) is 7.11 Å². The summed E-state index contributed by atoms with van der Waals surface area (Å²) >= 11 is 0. The number of methoxy groups -OCH3 is 1. The molecule has 3 heteroatoms. The van der Waals surface area contributed by atoms with Gasteiger partial charge in [-0.15, -0.1) is 0 Å². The first-order valence-corrected chi connectivity index (χ1v) is 9.30. The van der Waals surface area contributed by atoms with E-state index in [2.05, 4.69) is 61.7 Å². The van der Waals surface area contributed by atoms with Crippen LogP contribution in [-0.2, 0) is 12.8 Å². The molecule has 0 unspecified atom stereocenters. The van der Waals surface area contributed by atoms with Crippen LogP contribution in [0.15, 0.2) is 48.5 Å². The summed E-state index contributed by atoms with van der Waals surface area (Å²) in [6, 6.07) is 17.3. The SMILES string of the molecule is CCCc1c(CCC)[n+](-c2ccc(OC)cc2)c(C)c2ccccc12.[I-]. The number of rotatable bonds is 6. The fraction of sp³-hybridized carbons (Fsp3) is 0.348. The summed E-state index contributed by atoms with van der Waals surface area (Å²) in [5.74, 6) is 0.897. The third-order valence-electron chi connectivity index (χ3n) is 4.91. The number of fused-ring (bicyclic) bond motifs is 1. The normalized spacial score (nSPS) is 10.6. The van der Waals surface area contributed by atoms with Gasteiger partial charge in [0.1, 0.15) is 5.75 Å². The summed E-state index contributed by atoms with van der Waals surface area (Å²) in [5.41, 5.74) is 5.47. The van der Waals surface area contributed by atoms with Crippen LogP contribution in [0.25, 0.3) is 16.5 Å². The van der Waals surface area contributed by atoms with Crippen LogP contribution in [-0.4, -0.2) is 7.11 Å². The summed E-state index contributed by atoms with van der Waals surface area (Å²) in [4.78, 5) is 0. The Bertz CT molecular complexity index is 872. The molecule has 0 saturated heterocycles. The zero-order chi connectivity index (χ0) is 17.8. The van der Waals surface area contributed by atoms with Gasteiger partial charge in [0.05, 0.1) is 7.11 Å². The minimum absolute atomic E-state index is 0. The van der Waals surface area contributed by atoms with E-state index in [1.807, 2.05) is 12.1 Å². The van der Waals surface area contributed by atoms with Crippen LogP contribution in [0.3, 0.4) is 0 Å². The van der Waals surface area contributed by atoms with E-state index in [-0.39, 0.29) is 24.0 Å². The molecule has 3 rings (SSSR count). The van der Waals surface area contributed by atoms with Crippen LogP contribution in [0.4, 0.5) is 0 Å². The molecule has 3 aromatic rings. The zero-order valence-corrected chi connectivity index (χ0v) is 18.3. The van der Waals surface area contributed by atoms with Gasteiger partial charge in [-0.25, -0.2) is 0 Å². The quantitative estimate of drug-likeness (QED) is 0.406. The van der Waals surface area contributed by atoms with Crippen LogP contribution < -0.4 is 33.3 Å². The van der Waals surface area contributed by atoms with Crippen LogP contribution in [0, 0.1) is 6.92 Å². The average Bonchev–Trinajstić information content (AvgIpc) is 2.65. The molecule has 0 fully saturated rings. The molecule has 0 radical (unpaired) electrons. The Morgan fingerprint density at radius 3 is 2.04 bits per heavy atom. The lowest BCUT2D eigenvalue weighted by atomic mass is 9.95. The topological polar surface area (TPSA) is 13.1 Å². The highest BCUT2D eigenvalue weighted by atomic mass is 127. The van der Waals surface area contributed by atoms with Crippen LogP contribution >= 0.6 is 0 Å². The first-order valence-electron chi connectivity index (χ1n) is 9.30. The average molecular weight is 461 g/mol. The highest BCUT2D eigenvalue weighted by molar-refractivity contribution is 5.87. The van der Waals surface area contributed by atoms with E-state index in [1.165, 1.54) is 33.4 Å². The number of benzene rings is 2. The van der Waals surface area contributed by atoms with E-state index in [0.29, 0.717) is 0 Å². The second kappa shape index (κ2) is 9.36. The molecule has 0 bridgehead atoms. The number of nitrogens with zero attached hydrogens (tertiary/aromatic N) is 1. The van der Waals surface area contributed by atoms with Crippen molar-refractivity contribution in [3.8, 4) is 11.4 Å². The molecule has 0 N–H and O–H groups in total. The standard InChI is InChI=1S/C23H28NO.HI/c1-5-9-22-21-12-8-7-11-20(21)17(3)24(23(22)10-6-2)18-13-15-19(25-4)16-14-18;/h7-8,11-16H,5-6,9-10H2,1-4H3;1H/q+1;/p-1. The molecule has 0 atom stereocenters. The molecular formula is C23H28INO. The predicted molar refractivity (Wildman–Crippen MR) is 105 cm³/mol. The third-order valence-corrected chi connectivity index (χ3v) is 4.91. The Kier molecular flexibility index (Phi) is 7.44. The minimum atomic E-state index is 0. The first kappa shape index (κ1) is 20.7. The number of hydrogen-bond donors (Lipinski definition) is 0. The van der Waals surface area contributed by atoms with Crippen molar-refractivity contribution in [1.82, 2.24) is 0 Å². The fourth-order valence-corrected chi connectivity index (χ4v) is 3.78. The van der Waals surface area contributed by atoms with Gasteiger partial charge in [0.25, 0.3) is 0 Å². The fourth-order valence-electron chi connectivity index (χ4n) is 3.78. The zero-order valence-electron chi connectivity index (χ0n) is 16.2. The van der Waals surface area contributed by atoms with E-state index in [9.17, 15) is 0 Å². The van der Waals surface area contributed by atoms with E-state index in [4.69, 9.17) is 4.74 Å². The number of aryl methyl sites for hydroxylation is 2. The summed E-state index contributed by atoms with van der Waals surface area (Å²) in [5, 5.41) is 2.76. The molecule has 1 heterocycles. The van der Waals surface area contributed by atoms with Crippen molar-refractivity contribution in [1.29, 1.82) is 0 Å². The summed E-state index contributed by atoms with van der Waals surface area (Å²) in [6.45, 7) is 6.77. The van der Waals surface area contributed by atoms with Gasteiger partial charge in [-0.1, -0.05) is 38.5 Å². The maximum atomic E-state index is 5.34. The summed E-state index contributed by atoms with van der Waals surface area (Å²) in [7, 11) is 1.71. The minimum Gasteiger partial charge on any atom is -1.00 e. The van der Waals surface area contributed by atoms with Crippen molar-refractivity contribution < 1.29 is 33.3 Å². The monoisotopic (exact) mass is 461 g/mol. The number of halogens is 1. The Morgan fingerprint density at radius 1 is 0.846 bits per heavy atom. The van der Waals surface area contributed by atoms with Gasteiger partial charge < -0.3 is 28.7 Å². The third kappa shape index (κ3) is 3.88. The van der Waals surface area contributed by atoms with Crippen LogP contribution in [0.1, 0.15) is 43.6 Å². The molecule has 0 aliphatic rings. The maximum Gasteiger partial charge on any atom is 0.211 e. The first-order chi connectivity index (χ1) is 12.2. The molecule has 0 spiro atoms. The second-order valence-electron chi connectivity index (χ2n) is 6.59. The largest absolute Gasteiger partial charge is 1.00 e. The molecule has 2 aromatic carbocycles. The molecule has 0 amide bonds. The molecule has 138 valence electrons. The Morgan fingerprint density at radius 2 is 1.46 bits per heavy atom. The van der Waals surface area contributed by atoms with E-state index < -0.39 is 0 Å². The van der Waals surface area contributed by atoms with Gasteiger partial charge in [0, 0.05) is 36.4 Å². The predicted octanol–water partition coefficient (Wildman–Crippen LogP) is 2.34. The van der Waals surface area contributed by atoms with E-state index >= 15 is 0 Å². The van der Waals surface area contributed by atoms with Gasteiger partial charge in [0.15, 0.2) is 11.4 Å².